The van der Waals surface area contributed by atoms with Gasteiger partial charge in [-0.25, -0.2) is 0 Å². The summed E-state index contributed by atoms with van der Waals surface area (Å²) < 4.78 is 16.2. The number of aromatic nitrogens is 2. The van der Waals surface area contributed by atoms with Gasteiger partial charge in [0.1, 0.15) is 11.5 Å². The topological polar surface area (TPSA) is 86.5 Å². The fraction of sp³-hybridized carbons (Fsp3) is 0.286. The minimum atomic E-state index is -0.592. The van der Waals surface area contributed by atoms with Crippen molar-refractivity contribution in [2.45, 2.75) is 32.9 Å². The highest BCUT2D eigenvalue weighted by Crippen LogP contribution is 2.20. The number of nitrogens with one attached hydrogen (secondary N) is 1. The summed E-state index contributed by atoms with van der Waals surface area (Å²) in [5, 5.41) is 6.74. The van der Waals surface area contributed by atoms with Crippen LogP contribution in [0, 0.1) is 6.92 Å². The summed E-state index contributed by atoms with van der Waals surface area (Å²) in [6, 6.07) is 14.9. The first-order chi connectivity index (χ1) is 13.6. The van der Waals surface area contributed by atoms with E-state index in [-0.39, 0.29) is 12.5 Å². The van der Waals surface area contributed by atoms with Crippen LogP contribution in [0.2, 0.25) is 0 Å². The van der Waals surface area contributed by atoms with Crippen molar-refractivity contribution in [1.29, 1.82) is 0 Å². The fourth-order valence-electron chi connectivity index (χ4n) is 2.64. The molecule has 28 heavy (non-hydrogen) atoms. The lowest BCUT2D eigenvalue weighted by molar-refractivity contribution is -0.128. The highest BCUT2D eigenvalue weighted by atomic mass is 16.5. The zero-order valence-electron chi connectivity index (χ0n) is 16.1. The predicted octanol–water partition coefficient (Wildman–Crippen LogP) is 3.53. The molecule has 0 radical (unpaired) electrons. The monoisotopic (exact) mass is 381 g/mol. The maximum Gasteiger partial charge on any atom is 0.261 e. The Labute approximate surface area is 163 Å². The van der Waals surface area contributed by atoms with Crippen LogP contribution in [0.15, 0.2) is 53.1 Å². The molecule has 7 nitrogen and oxygen atoms in total. The zero-order chi connectivity index (χ0) is 19.9. The van der Waals surface area contributed by atoms with Crippen LogP contribution in [0.25, 0.3) is 11.4 Å². The predicted molar refractivity (Wildman–Crippen MR) is 104 cm³/mol. The second-order valence-corrected chi connectivity index (χ2v) is 6.29. The van der Waals surface area contributed by atoms with Crippen molar-refractivity contribution < 1.29 is 18.8 Å². The molecule has 3 rings (SSSR count). The highest BCUT2D eigenvalue weighted by Gasteiger charge is 2.19. The van der Waals surface area contributed by atoms with E-state index < -0.39 is 6.10 Å². The van der Waals surface area contributed by atoms with Gasteiger partial charge in [-0.1, -0.05) is 24.2 Å². The number of carbonyl (C=O) groups is 1. The number of rotatable bonds is 8. The molecule has 0 aliphatic carbocycles. The van der Waals surface area contributed by atoms with Crippen LogP contribution in [0.1, 0.15) is 24.8 Å². The van der Waals surface area contributed by atoms with Crippen LogP contribution in [-0.2, 0) is 11.3 Å². The lowest BCUT2D eigenvalue weighted by Gasteiger charge is -2.17. The Morgan fingerprint density at radius 2 is 1.96 bits per heavy atom. The molecule has 0 saturated heterocycles. The second-order valence-electron chi connectivity index (χ2n) is 6.29. The van der Waals surface area contributed by atoms with E-state index in [2.05, 4.69) is 15.5 Å². The molecule has 146 valence electrons. The van der Waals surface area contributed by atoms with Gasteiger partial charge in [0.25, 0.3) is 5.91 Å². The number of benzene rings is 2. The maximum atomic E-state index is 12.4. The molecule has 0 aliphatic heterocycles. The van der Waals surface area contributed by atoms with Crippen molar-refractivity contribution >= 4 is 5.91 Å². The van der Waals surface area contributed by atoms with Gasteiger partial charge in [-0.3, -0.25) is 4.79 Å². The van der Waals surface area contributed by atoms with Gasteiger partial charge in [0, 0.05) is 5.56 Å². The largest absolute Gasteiger partial charge is 0.497 e. The zero-order valence-corrected chi connectivity index (χ0v) is 16.1. The molecule has 0 spiro atoms. The third kappa shape index (κ3) is 4.88. The van der Waals surface area contributed by atoms with Crippen molar-refractivity contribution in [2.75, 3.05) is 7.11 Å². The summed E-state index contributed by atoms with van der Waals surface area (Å²) in [7, 11) is 1.61. The Kier molecular flexibility index (Phi) is 6.26. The van der Waals surface area contributed by atoms with Gasteiger partial charge in [0.05, 0.1) is 13.7 Å². The van der Waals surface area contributed by atoms with Crippen molar-refractivity contribution in [1.82, 2.24) is 15.5 Å². The lowest BCUT2D eigenvalue weighted by Crippen LogP contribution is -2.37. The van der Waals surface area contributed by atoms with Gasteiger partial charge in [-0.2, -0.15) is 4.98 Å². The molecule has 1 heterocycles. The smallest absolute Gasteiger partial charge is 0.261 e. The Morgan fingerprint density at radius 3 is 2.64 bits per heavy atom. The van der Waals surface area contributed by atoms with Gasteiger partial charge < -0.3 is 19.3 Å². The molecule has 0 unspecified atom stereocenters. The number of carbonyl (C=O) groups excluding carboxylic acids is 1. The summed E-state index contributed by atoms with van der Waals surface area (Å²) in [6.07, 6.45) is -0.0495. The Hall–Kier alpha value is -3.35. The Morgan fingerprint density at radius 1 is 1.18 bits per heavy atom. The van der Waals surface area contributed by atoms with Crippen LogP contribution in [0.4, 0.5) is 0 Å². The summed E-state index contributed by atoms with van der Waals surface area (Å²) >= 11 is 0. The average molecular weight is 381 g/mol. The first-order valence-electron chi connectivity index (χ1n) is 9.07. The minimum absolute atomic E-state index is 0.135. The van der Waals surface area contributed by atoms with Gasteiger partial charge in [0.15, 0.2) is 6.10 Å². The van der Waals surface area contributed by atoms with Crippen LogP contribution in [0.5, 0.6) is 11.5 Å². The van der Waals surface area contributed by atoms with Crippen molar-refractivity contribution in [3.05, 3.63) is 60.0 Å². The normalized spacial score (nSPS) is 11.7. The average Bonchev–Trinajstić information content (AvgIpc) is 3.19. The van der Waals surface area contributed by atoms with Crippen molar-refractivity contribution in [2.24, 2.45) is 0 Å². The first-order valence-corrected chi connectivity index (χ1v) is 9.07. The van der Waals surface area contributed by atoms with E-state index >= 15 is 0 Å². The number of methoxy groups -OCH3 is 1. The van der Waals surface area contributed by atoms with Gasteiger partial charge in [0.2, 0.25) is 11.7 Å². The summed E-state index contributed by atoms with van der Waals surface area (Å²) in [5.41, 5.74) is 1.88. The summed E-state index contributed by atoms with van der Waals surface area (Å²) in [6.45, 7) is 4.01. The molecular weight excluding hydrogens is 358 g/mol. The molecule has 0 saturated carbocycles. The van der Waals surface area contributed by atoms with E-state index in [9.17, 15) is 4.79 Å². The third-order valence-corrected chi connectivity index (χ3v) is 4.16. The highest BCUT2D eigenvalue weighted by molar-refractivity contribution is 5.81. The van der Waals surface area contributed by atoms with E-state index in [0.717, 1.165) is 16.9 Å². The summed E-state index contributed by atoms with van der Waals surface area (Å²) in [5.74, 6) is 1.97. The number of nitrogens with zero attached hydrogens (tertiary/aromatic N) is 2. The Balaban J connectivity index is 1.58. The van der Waals surface area contributed by atoms with Crippen LogP contribution >= 0.6 is 0 Å². The molecule has 1 amide bonds. The van der Waals surface area contributed by atoms with E-state index in [1.54, 1.807) is 7.11 Å². The third-order valence-electron chi connectivity index (χ3n) is 4.16. The summed E-state index contributed by atoms with van der Waals surface area (Å²) in [4.78, 5) is 16.8. The number of hydrogen-bond acceptors (Lipinski definition) is 6. The molecule has 0 fully saturated rings. The molecule has 7 heteroatoms. The van der Waals surface area contributed by atoms with Gasteiger partial charge in [-0.05, 0) is 55.3 Å². The van der Waals surface area contributed by atoms with E-state index in [1.165, 1.54) is 0 Å². The van der Waals surface area contributed by atoms with E-state index in [0.29, 0.717) is 23.9 Å². The lowest BCUT2D eigenvalue weighted by atomic mass is 10.2. The standard InChI is InChI=1S/C21H23N3O4/c1-4-18(27-17-7-5-6-14(2)12-17)21(25)22-13-19-23-20(24-28-19)15-8-10-16(26-3)11-9-15/h5-12,18H,4,13H2,1-3H3,(H,22,25)/t18-/m0/s1. The van der Waals surface area contributed by atoms with Crippen LogP contribution in [0.3, 0.4) is 0 Å². The number of ether oxygens (including phenoxy) is 2. The number of amides is 1. The van der Waals surface area contributed by atoms with Gasteiger partial charge in [-0.15, -0.1) is 0 Å². The number of hydrogen-bond donors (Lipinski definition) is 1. The first kappa shape index (κ1) is 19.4. The Bertz CT molecular complexity index is 921. The maximum absolute atomic E-state index is 12.4. The van der Waals surface area contributed by atoms with Gasteiger partial charge >= 0.3 is 0 Å². The molecule has 1 atom stereocenters. The van der Waals surface area contributed by atoms with E-state index in [4.69, 9.17) is 14.0 Å². The molecule has 3 aromatic rings. The molecule has 0 bridgehead atoms. The van der Waals surface area contributed by atoms with E-state index in [1.807, 2.05) is 62.4 Å². The molecule has 2 aromatic carbocycles. The van der Waals surface area contributed by atoms with Crippen molar-refractivity contribution in [3.63, 3.8) is 0 Å². The SMILES string of the molecule is CC[C@H](Oc1cccc(C)c1)C(=O)NCc1nc(-c2ccc(OC)cc2)no1. The molecule has 1 N–H and O–H groups in total. The molecule has 0 aliphatic rings. The number of aryl methyl sites for hydroxylation is 1. The minimum Gasteiger partial charge on any atom is -0.497 e. The molecule has 1 aromatic heterocycles. The van der Waals surface area contributed by atoms with Crippen molar-refractivity contribution in [3.8, 4) is 22.9 Å². The second kappa shape index (κ2) is 9.03. The van der Waals surface area contributed by atoms with Crippen LogP contribution < -0.4 is 14.8 Å². The fourth-order valence-corrected chi connectivity index (χ4v) is 2.64. The van der Waals surface area contributed by atoms with Crippen LogP contribution in [-0.4, -0.2) is 29.3 Å². The molecular formula is C21H23N3O4. The quantitative estimate of drug-likeness (QED) is 0.642.